The maximum atomic E-state index is 13.7. The fourth-order valence-corrected chi connectivity index (χ4v) is 2.49. The largest absolute Gasteiger partial charge is 0.349 e. The highest BCUT2D eigenvalue weighted by atomic mass is 35.5. The number of hydrogen-bond donors (Lipinski definition) is 3. The number of guanidine groups is 1. The molecule has 0 atom stereocenters. The number of rotatable bonds is 6. The van der Waals surface area contributed by atoms with Gasteiger partial charge in [-0.3, -0.25) is 10.1 Å². The molecule has 10 heteroatoms. The Morgan fingerprint density at radius 1 is 1.21 bits per heavy atom. The lowest BCUT2D eigenvalue weighted by atomic mass is 10.2. The third kappa shape index (κ3) is 6.89. The van der Waals surface area contributed by atoms with Crippen molar-refractivity contribution >= 4 is 52.4 Å². The van der Waals surface area contributed by atoms with E-state index in [2.05, 4.69) is 20.9 Å². The Balaban J connectivity index is 1.99. The van der Waals surface area contributed by atoms with E-state index in [0.717, 1.165) is 0 Å². The summed E-state index contributed by atoms with van der Waals surface area (Å²) in [6.07, 6.45) is 1.69. The first-order valence-corrected chi connectivity index (χ1v) is 9.07. The van der Waals surface area contributed by atoms with Gasteiger partial charge in [-0.25, -0.2) is 9.38 Å². The smallest absolute Gasteiger partial charge is 0.251 e. The number of benzene rings is 2. The summed E-state index contributed by atoms with van der Waals surface area (Å²) in [5.41, 5.74) is 0.473. The number of carbonyl (C=O) groups is 1. The van der Waals surface area contributed by atoms with Gasteiger partial charge < -0.3 is 10.6 Å². The summed E-state index contributed by atoms with van der Waals surface area (Å²) < 4.78 is 12.3. The van der Waals surface area contributed by atoms with Gasteiger partial charge >= 0.3 is 0 Å². The normalized spacial score (nSPS) is 11.5. The SMILES string of the molecule is N#CNC(=NCC(Cl)(Cl)CNC(=O)c1cccc(Cl)c1)Nc1ccccc1F. The van der Waals surface area contributed by atoms with Gasteiger partial charge in [0, 0.05) is 10.6 Å². The van der Waals surface area contributed by atoms with E-state index in [1.807, 2.05) is 0 Å². The van der Waals surface area contributed by atoms with Crippen LogP contribution in [0.15, 0.2) is 53.5 Å². The number of nitrogens with zero attached hydrogens (tertiary/aromatic N) is 2. The minimum absolute atomic E-state index is 0.0422. The fraction of sp³-hybridized carbons (Fsp3) is 0.167. The highest BCUT2D eigenvalue weighted by Crippen LogP contribution is 2.21. The van der Waals surface area contributed by atoms with Crippen LogP contribution in [0, 0.1) is 17.3 Å². The Hall–Kier alpha value is -2.53. The molecule has 3 N–H and O–H groups in total. The summed E-state index contributed by atoms with van der Waals surface area (Å²) >= 11 is 18.2. The summed E-state index contributed by atoms with van der Waals surface area (Å²) in [5.74, 6) is -0.969. The zero-order valence-electron chi connectivity index (χ0n) is 14.3. The average Bonchev–Trinajstić information content (AvgIpc) is 2.66. The second-order valence-electron chi connectivity index (χ2n) is 5.56. The minimum atomic E-state index is -1.46. The highest BCUT2D eigenvalue weighted by molar-refractivity contribution is 6.49. The Kier molecular flexibility index (Phi) is 7.88. The predicted octanol–water partition coefficient (Wildman–Crippen LogP) is 3.92. The zero-order chi connectivity index (χ0) is 20.6. The summed E-state index contributed by atoms with van der Waals surface area (Å²) in [7, 11) is 0. The first-order chi connectivity index (χ1) is 13.3. The van der Waals surface area contributed by atoms with Crippen molar-refractivity contribution in [1.29, 1.82) is 5.26 Å². The molecule has 2 aromatic carbocycles. The van der Waals surface area contributed by atoms with E-state index in [1.165, 1.54) is 24.3 Å². The Morgan fingerprint density at radius 2 is 1.96 bits per heavy atom. The van der Waals surface area contributed by atoms with Crippen LogP contribution in [-0.4, -0.2) is 29.3 Å². The molecule has 0 aliphatic rings. The number of para-hydroxylation sites is 1. The predicted molar refractivity (Wildman–Crippen MR) is 109 cm³/mol. The Morgan fingerprint density at radius 3 is 2.64 bits per heavy atom. The number of carbonyl (C=O) groups excluding carboxylic acids is 1. The van der Waals surface area contributed by atoms with Gasteiger partial charge in [-0.1, -0.05) is 53.0 Å². The van der Waals surface area contributed by atoms with Crippen LogP contribution in [0.3, 0.4) is 0 Å². The molecule has 2 aromatic rings. The summed E-state index contributed by atoms with van der Waals surface area (Å²) in [5, 5.41) is 16.8. The van der Waals surface area contributed by atoms with Crippen molar-refractivity contribution in [2.45, 2.75) is 4.33 Å². The number of anilines is 1. The molecule has 0 saturated carbocycles. The van der Waals surface area contributed by atoms with E-state index in [0.29, 0.717) is 10.6 Å². The molecule has 146 valence electrons. The van der Waals surface area contributed by atoms with Crippen molar-refractivity contribution in [3.63, 3.8) is 0 Å². The molecule has 0 aromatic heterocycles. The molecule has 28 heavy (non-hydrogen) atoms. The molecule has 0 heterocycles. The average molecular weight is 443 g/mol. The standard InChI is InChI=1S/C18H15Cl3FN5O/c19-13-5-3-4-12(8-13)16(28)24-9-18(20,21)10-25-17(26-11-23)27-15-7-2-1-6-14(15)22/h1-8H,9-10H2,(H,24,28)(H2,25,26,27). The first kappa shape index (κ1) is 21.8. The number of hydrogen-bond acceptors (Lipinski definition) is 3. The van der Waals surface area contributed by atoms with E-state index in [4.69, 9.17) is 40.1 Å². The molecule has 2 rings (SSSR count). The molecule has 6 nitrogen and oxygen atoms in total. The van der Waals surface area contributed by atoms with Crippen LogP contribution < -0.4 is 16.0 Å². The number of nitrogens with one attached hydrogen (secondary N) is 3. The number of amides is 1. The van der Waals surface area contributed by atoms with Crippen molar-refractivity contribution in [1.82, 2.24) is 10.6 Å². The number of alkyl halides is 2. The van der Waals surface area contributed by atoms with E-state index < -0.39 is 16.1 Å². The highest BCUT2D eigenvalue weighted by Gasteiger charge is 2.25. The molecule has 0 saturated heterocycles. The van der Waals surface area contributed by atoms with Crippen LogP contribution in [0.5, 0.6) is 0 Å². The monoisotopic (exact) mass is 441 g/mol. The van der Waals surface area contributed by atoms with Crippen molar-refractivity contribution in [2.24, 2.45) is 4.99 Å². The van der Waals surface area contributed by atoms with Gasteiger partial charge in [0.05, 0.1) is 18.8 Å². The first-order valence-electron chi connectivity index (χ1n) is 7.93. The second-order valence-corrected chi connectivity index (χ2v) is 7.63. The van der Waals surface area contributed by atoms with Crippen LogP contribution >= 0.6 is 34.8 Å². The van der Waals surface area contributed by atoms with Gasteiger partial charge in [0.2, 0.25) is 5.96 Å². The maximum absolute atomic E-state index is 13.7. The van der Waals surface area contributed by atoms with E-state index >= 15 is 0 Å². The minimum Gasteiger partial charge on any atom is -0.349 e. The van der Waals surface area contributed by atoms with Crippen molar-refractivity contribution < 1.29 is 9.18 Å². The van der Waals surface area contributed by atoms with E-state index in [1.54, 1.807) is 30.5 Å². The molecule has 0 bridgehead atoms. The van der Waals surface area contributed by atoms with Crippen LogP contribution in [0.1, 0.15) is 10.4 Å². The fourth-order valence-electron chi connectivity index (χ4n) is 2.05. The van der Waals surface area contributed by atoms with Crippen LogP contribution in [-0.2, 0) is 0 Å². The van der Waals surface area contributed by atoms with Gasteiger partial charge in [0.15, 0.2) is 10.5 Å². The summed E-state index contributed by atoms with van der Waals surface area (Å²) in [4.78, 5) is 16.2. The maximum Gasteiger partial charge on any atom is 0.251 e. The van der Waals surface area contributed by atoms with Crippen LogP contribution in [0.4, 0.5) is 10.1 Å². The summed E-state index contributed by atoms with van der Waals surface area (Å²) in [6.45, 7) is -0.304. The van der Waals surface area contributed by atoms with Crippen molar-refractivity contribution in [3.8, 4) is 6.19 Å². The van der Waals surface area contributed by atoms with Gasteiger partial charge in [-0.05, 0) is 30.3 Å². The van der Waals surface area contributed by atoms with E-state index in [9.17, 15) is 9.18 Å². The molecular formula is C18H15Cl3FN5O. The Labute approximate surface area is 176 Å². The molecule has 0 aliphatic heterocycles. The number of nitriles is 1. The van der Waals surface area contributed by atoms with Crippen molar-refractivity contribution in [2.75, 3.05) is 18.4 Å². The second kappa shape index (κ2) is 10.1. The number of halogens is 4. The van der Waals surface area contributed by atoms with Crippen LogP contribution in [0.2, 0.25) is 5.02 Å². The lowest BCUT2D eigenvalue weighted by molar-refractivity contribution is 0.0952. The Bertz CT molecular complexity index is 914. The molecule has 0 fully saturated rings. The third-order valence-electron chi connectivity index (χ3n) is 3.36. The quantitative estimate of drug-likeness (QED) is 0.208. The van der Waals surface area contributed by atoms with Gasteiger partial charge in [-0.2, -0.15) is 5.26 Å². The molecule has 0 aliphatic carbocycles. The topological polar surface area (TPSA) is 89.3 Å². The molecule has 0 radical (unpaired) electrons. The zero-order valence-corrected chi connectivity index (χ0v) is 16.6. The third-order valence-corrected chi connectivity index (χ3v) is 4.11. The lowest BCUT2D eigenvalue weighted by Gasteiger charge is -2.19. The molecule has 1 amide bonds. The van der Waals surface area contributed by atoms with Crippen molar-refractivity contribution in [3.05, 3.63) is 64.9 Å². The van der Waals surface area contributed by atoms with Gasteiger partial charge in [0.25, 0.3) is 5.91 Å². The molecular weight excluding hydrogens is 428 g/mol. The summed E-state index contributed by atoms with van der Waals surface area (Å²) in [6, 6.07) is 12.3. The van der Waals surface area contributed by atoms with Gasteiger partial charge in [0.1, 0.15) is 5.82 Å². The molecule has 0 spiro atoms. The molecule has 0 unspecified atom stereocenters. The van der Waals surface area contributed by atoms with Gasteiger partial charge in [-0.15, -0.1) is 0 Å². The van der Waals surface area contributed by atoms with Crippen LogP contribution in [0.25, 0.3) is 0 Å². The lowest BCUT2D eigenvalue weighted by Crippen LogP contribution is -2.38. The van der Waals surface area contributed by atoms with E-state index in [-0.39, 0.29) is 24.7 Å². The number of aliphatic imine (C=N–C) groups is 1.